The number of halogens is 2. The summed E-state index contributed by atoms with van der Waals surface area (Å²) in [7, 11) is 0. The van der Waals surface area contributed by atoms with Gasteiger partial charge in [-0.1, -0.05) is 47.7 Å². The number of ketones is 1. The van der Waals surface area contributed by atoms with Crippen molar-refractivity contribution in [1.82, 2.24) is 4.98 Å². The molecule has 5 rings (SSSR count). The summed E-state index contributed by atoms with van der Waals surface area (Å²) >= 11 is 7.32. The normalized spacial score (nSPS) is 17.1. The average molecular weight is 521 g/mol. The molecule has 36 heavy (non-hydrogen) atoms. The first-order chi connectivity index (χ1) is 17.4. The SMILES string of the molecule is C=CCOc1ccc(C2/C(=C(\O)c3ccc(F)cc3)C(=O)C(=O)N2c2nc3ccc(Cl)cc3s2)cc1. The predicted molar refractivity (Wildman–Crippen MR) is 138 cm³/mol. The first-order valence-corrected chi connectivity index (χ1v) is 12.0. The van der Waals surface area contributed by atoms with Crippen LogP contribution >= 0.6 is 22.9 Å². The van der Waals surface area contributed by atoms with Crippen LogP contribution in [-0.2, 0) is 9.59 Å². The van der Waals surface area contributed by atoms with Gasteiger partial charge in [-0.15, -0.1) is 0 Å². The van der Waals surface area contributed by atoms with Crippen LogP contribution in [0.2, 0.25) is 5.02 Å². The molecule has 0 spiro atoms. The van der Waals surface area contributed by atoms with E-state index in [2.05, 4.69) is 11.6 Å². The summed E-state index contributed by atoms with van der Waals surface area (Å²) in [4.78, 5) is 32.4. The van der Waals surface area contributed by atoms with E-state index in [1.165, 1.54) is 40.5 Å². The van der Waals surface area contributed by atoms with Crippen LogP contribution in [0.25, 0.3) is 16.0 Å². The van der Waals surface area contributed by atoms with Gasteiger partial charge in [-0.25, -0.2) is 9.37 Å². The number of thiazole rings is 1. The van der Waals surface area contributed by atoms with Gasteiger partial charge in [0.2, 0.25) is 0 Å². The van der Waals surface area contributed by atoms with E-state index in [9.17, 15) is 19.1 Å². The van der Waals surface area contributed by atoms with E-state index in [1.807, 2.05) is 0 Å². The lowest BCUT2D eigenvalue weighted by atomic mass is 9.95. The lowest BCUT2D eigenvalue weighted by Gasteiger charge is -2.23. The Bertz CT molecular complexity index is 1530. The number of nitrogens with zero attached hydrogens (tertiary/aromatic N) is 2. The molecule has 1 atom stereocenters. The maximum atomic E-state index is 13.5. The van der Waals surface area contributed by atoms with Gasteiger partial charge in [0.25, 0.3) is 5.78 Å². The molecule has 0 aliphatic carbocycles. The quantitative estimate of drug-likeness (QED) is 0.140. The van der Waals surface area contributed by atoms with Gasteiger partial charge in [-0.2, -0.15) is 0 Å². The minimum absolute atomic E-state index is 0.122. The molecule has 4 aromatic rings. The summed E-state index contributed by atoms with van der Waals surface area (Å²) in [5.74, 6) is -2.03. The molecule has 0 saturated carbocycles. The molecule has 0 radical (unpaired) electrons. The van der Waals surface area contributed by atoms with E-state index in [1.54, 1.807) is 48.5 Å². The summed E-state index contributed by atoms with van der Waals surface area (Å²) in [5, 5.41) is 11.9. The molecular formula is C27H18ClFN2O4S. The molecule has 1 fully saturated rings. The van der Waals surface area contributed by atoms with Crippen LogP contribution in [0.1, 0.15) is 17.2 Å². The fraction of sp³-hybridized carbons (Fsp3) is 0.0741. The number of aromatic nitrogens is 1. The standard InChI is InChI=1S/C27H18ClFN2O4S/c1-2-13-35-19-10-5-15(6-11-19)23-22(24(32)16-3-8-18(29)9-4-16)25(33)26(34)31(23)27-30-20-12-7-17(28)14-21(20)36-27/h2-12,14,23,32H,1,13H2/b24-22+. The van der Waals surface area contributed by atoms with Crippen molar-refractivity contribution in [3.63, 3.8) is 0 Å². The number of ether oxygens (including phenoxy) is 1. The number of Topliss-reactive ketones (excluding diaryl/α,β-unsaturated/α-hetero) is 1. The first-order valence-electron chi connectivity index (χ1n) is 10.8. The number of carbonyl (C=O) groups excluding carboxylic acids is 2. The van der Waals surface area contributed by atoms with Crippen molar-refractivity contribution < 1.29 is 23.8 Å². The van der Waals surface area contributed by atoms with Crippen LogP contribution in [0.5, 0.6) is 5.75 Å². The Labute approximate surface area is 214 Å². The minimum atomic E-state index is -0.973. The smallest absolute Gasteiger partial charge is 0.301 e. The maximum Gasteiger partial charge on any atom is 0.301 e. The predicted octanol–water partition coefficient (Wildman–Crippen LogP) is 6.28. The zero-order valence-electron chi connectivity index (χ0n) is 18.7. The Kier molecular flexibility index (Phi) is 6.30. The van der Waals surface area contributed by atoms with E-state index in [4.69, 9.17) is 16.3 Å². The molecule has 1 aliphatic heterocycles. The zero-order chi connectivity index (χ0) is 25.4. The van der Waals surface area contributed by atoms with Gasteiger partial charge in [-0.05, 0) is 60.2 Å². The first kappa shape index (κ1) is 23.7. The summed E-state index contributed by atoms with van der Waals surface area (Å²) in [6.45, 7) is 3.94. The number of carbonyl (C=O) groups is 2. The van der Waals surface area contributed by atoms with Crippen LogP contribution in [0.15, 0.2) is 85.0 Å². The molecule has 3 aromatic carbocycles. The second-order valence-corrected chi connectivity index (χ2v) is 9.40. The van der Waals surface area contributed by atoms with Gasteiger partial charge in [0.1, 0.15) is 23.9 Å². The van der Waals surface area contributed by atoms with Crippen LogP contribution in [-0.4, -0.2) is 28.4 Å². The zero-order valence-corrected chi connectivity index (χ0v) is 20.2. The van der Waals surface area contributed by atoms with Crippen molar-refractivity contribution in [2.24, 2.45) is 0 Å². The van der Waals surface area contributed by atoms with E-state index < -0.39 is 29.3 Å². The van der Waals surface area contributed by atoms with Gasteiger partial charge in [0.05, 0.1) is 21.8 Å². The second-order valence-electron chi connectivity index (χ2n) is 7.95. The summed E-state index contributed by atoms with van der Waals surface area (Å²) in [5.41, 5.74) is 1.26. The number of fused-ring (bicyclic) bond motifs is 1. The topological polar surface area (TPSA) is 79.7 Å². The third-order valence-corrected chi connectivity index (χ3v) is 6.92. The lowest BCUT2D eigenvalue weighted by molar-refractivity contribution is -0.132. The van der Waals surface area contributed by atoms with E-state index in [0.29, 0.717) is 28.5 Å². The summed E-state index contributed by atoms with van der Waals surface area (Å²) in [6.07, 6.45) is 1.62. The Morgan fingerprint density at radius 2 is 1.86 bits per heavy atom. The fourth-order valence-electron chi connectivity index (χ4n) is 4.00. The number of rotatable bonds is 6. The number of hydrogen-bond donors (Lipinski definition) is 1. The molecule has 1 N–H and O–H groups in total. The lowest BCUT2D eigenvalue weighted by Crippen LogP contribution is -2.29. The second kappa shape index (κ2) is 9.56. The Balaban J connectivity index is 1.68. The van der Waals surface area contributed by atoms with Gasteiger partial charge in [0.15, 0.2) is 5.13 Å². The van der Waals surface area contributed by atoms with E-state index >= 15 is 0 Å². The highest BCUT2D eigenvalue weighted by atomic mass is 35.5. The highest BCUT2D eigenvalue weighted by molar-refractivity contribution is 7.22. The monoisotopic (exact) mass is 520 g/mol. The molecule has 180 valence electrons. The van der Waals surface area contributed by atoms with Gasteiger partial charge >= 0.3 is 5.91 Å². The molecule has 1 aliphatic rings. The van der Waals surface area contributed by atoms with Crippen molar-refractivity contribution in [1.29, 1.82) is 0 Å². The minimum Gasteiger partial charge on any atom is -0.507 e. The maximum absolute atomic E-state index is 13.5. The average Bonchev–Trinajstić information content (AvgIpc) is 3.40. The van der Waals surface area contributed by atoms with Crippen molar-refractivity contribution >= 4 is 55.7 Å². The van der Waals surface area contributed by atoms with Crippen LogP contribution in [0, 0.1) is 5.82 Å². The number of hydrogen-bond acceptors (Lipinski definition) is 6. The van der Waals surface area contributed by atoms with Crippen molar-refractivity contribution in [2.75, 3.05) is 11.5 Å². The number of anilines is 1. The van der Waals surface area contributed by atoms with Crippen molar-refractivity contribution in [3.05, 3.63) is 107 Å². The highest BCUT2D eigenvalue weighted by Crippen LogP contribution is 2.44. The van der Waals surface area contributed by atoms with Crippen molar-refractivity contribution in [3.8, 4) is 5.75 Å². The summed E-state index contributed by atoms with van der Waals surface area (Å²) < 4.78 is 19.8. The molecule has 1 amide bonds. The molecule has 1 aromatic heterocycles. The van der Waals surface area contributed by atoms with Gasteiger partial charge in [-0.3, -0.25) is 14.5 Å². The molecule has 6 nitrogen and oxygen atoms in total. The molecule has 2 heterocycles. The molecule has 9 heteroatoms. The number of aliphatic hydroxyl groups excluding tert-OH is 1. The molecule has 1 unspecified atom stereocenters. The van der Waals surface area contributed by atoms with Crippen molar-refractivity contribution in [2.45, 2.75) is 6.04 Å². The molecule has 0 bridgehead atoms. The van der Waals surface area contributed by atoms with Crippen LogP contribution < -0.4 is 9.64 Å². The van der Waals surface area contributed by atoms with Gasteiger partial charge < -0.3 is 9.84 Å². The third-order valence-electron chi connectivity index (χ3n) is 5.67. The number of aliphatic hydroxyl groups is 1. The molecular weight excluding hydrogens is 503 g/mol. The van der Waals surface area contributed by atoms with E-state index in [0.717, 1.165) is 4.70 Å². The van der Waals surface area contributed by atoms with Crippen LogP contribution in [0.3, 0.4) is 0 Å². The Morgan fingerprint density at radius 3 is 2.56 bits per heavy atom. The molecule has 1 saturated heterocycles. The summed E-state index contributed by atoms with van der Waals surface area (Å²) in [6, 6.07) is 16.0. The van der Waals surface area contributed by atoms with Gasteiger partial charge in [0, 0.05) is 10.6 Å². The van der Waals surface area contributed by atoms with Crippen LogP contribution in [0.4, 0.5) is 9.52 Å². The Morgan fingerprint density at radius 1 is 1.14 bits per heavy atom. The Hall–Kier alpha value is -4.01. The van der Waals surface area contributed by atoms with E-state index in [-0.39, 0.29) is 16.3 Å². The third kappa shape index (κ3) is 4.25. The number of benzene rings is 3. The largest absolute Gasteiger partial charge is 0.507 e. The highest BCUT2D eigenvalue weighted by Gasteiger charge is 2.48. The number of amides is 1. The fourth-order valence-corrected chi connectivity index (χ4v) is 5.27.